The smallest absolute Gasteiger partial charge is 0.229 e. The lowest BCUT2D eigenvalue weighted by molar-refractivity contribution is -0.136. The van der Waals surface area contributed by atoms with Crippen molar-refractivity contribution < 1.29 is 14.6 Å². The van der Waals surface area contributed by atoms with Gasteiger partial charge in [0.25, 0.3) is 0 Å². The molecule has 1 aliphatic heterocycles. The van der Waals surface area contributed by atoms with Gasteiger partial charge in [0.05, 0.1) is 25.7 Å². The highest BCUT2D eigenvalue weighted by Gasteiger charge is 2.35. The molecule has 0 aliphatic carbocycles. The van der Waals surface area contributed by atoms with E-state index in [4.69, 9.17) is 9.84 Å². The number of nitrogens with zero attached hydrogens (tertiary/aromatic N) is 1. The topological polar surface area (TPSA) is 61.8 Å². The average molecular weight is 258 g/mol. The van der Waals surface area contributed by atoms with Crippen molar-refractivity contribution in [2.24, 2.45) is 5.92 Å². The maximum Gasteiger partial charge on any atom is 0.229 e. The Kier molecular flexibility index (Phi) is 7.23. The van der Waals surface area contributed by atoms with Crippen LogP contribution >= 0.6 is 0 Å². The molecule has 0 radical (unpaired) electrons. The van der Waals surface area contributed by atoms with E-state index in [2.05, 4.69) is 12.2 Å². The van der Waals surface area contributed by atoms with Crippen LogP contribution in [-0.2, 0) is 9.53 Å². The Hall–Kier alpha value is -0.650. The van der Waals surface area contributed by atoms with Crippen LogP contribution in [0.2, 0.25) is 0 Å². The summed E-state index contributed by atoms with van der Waals surface area (Å²) in [5.74, 6) is 0.00616. The Labute approximate surface area is 109 Å². The molecule has 5 heteroatoms. The van der Waals surface area contributed by atoms with Crippen LogP contribution in [0.25, 0.3) is 0 Å². The molecular weight excluding hydrogens is 232 g/mol. The summed E-state index contributed by atoms with van der Waals surface area (Å²) in [4.78, 5) is 14.1. The number of rotatable bonds is 8. The molecule has 0 bridgehead atoms. The molecule has 0 aromatic carbocycles. The third-order valence-corrected chi connectivity index (χ3v) is 3.23. The average Bonchev–Trinajstić information content (AvgIpc) is 2.83. The Morgan fingerprint density at radius 2 is 2.11 bits per heavy atom. The van der Waals surface area contributed by atoms with Crippen LogP contribution < -0.4 is 5.32 Å². The Balaban J connectivity index is 2.55. The molecule has 18 heavy (non-hydrogen) atoms. The van der Waals surface area contributed by atoms with Gasteiger partial charge in [-0.15, -0.1) is 0 Å². The van der Waals surface area contributed by atoms with Crippen molar-refractivity contribution in [3.8, 4) is 0 Å². The number of carbonyl (C=O) groups excluding carboxylic acids is 1. The van der Waals surface area contributed by atoms with Crippen LogP contribution in [0.3, 0.4) is 0 Å². The van der Waals surface area contributed by atoms with Gasteiger partial charge in [-0.1, -0.05) is 13.8 Å². The zero-order valence-corrected chi connectivity index (χ0v) is 11.5. The Morgan fingerprint density at radius 3 is 2.72 bits per heavy atom. The van der Waals surface area contributed by atoms with Crippen LogP contribution in [0.1, 0.15) is 26.7 Å². The highest BCUT2D eigenvalue weighted by molar-refractivity contribution is 5.80. The minimum absolute atomic E-state index is 0.0202. The molecule has 1 fully saturated rings. The van der Waals surface area contributed by atoms with Crippen molar-refractivity contribution in [3.05, 3.63) is 0 Å². The molecule has 1 rings (SSSR count). The van der Waals surface area contributed by atoms with E-state index in [0.29, 0.717) is 26.3 Å². The number of hydrogen-bond donors (Lipinski definition) is 2. The van der Waals surface area contributed by atoms with Gasteiger partial charge in [-0.3, -0.25) is 4.79 Å². The van der Waals surface area contributed by atoms with Crippen molar-refractivity contribution in [2.75, 3.05) is 39.5 Å². The molecule has 106 valence electrons. The summed E-state index contributed by atoms with van der Waals surface area (Å²) in [6, 6.07) is 0.121. The summed E-state index contributed by atoms with van der Waals surface area (Å²) in [7, 11) is 0. The molecular formula is C13H26N2O3. The predicted octanol–water partition coefficient (Wildman–Crippen LogP) is 0.232. The molecule has 0 aromatic rings. The fraction of sp³-hybridized carbons (Fsp3) is 0.923. The number of ether oxygens (including phenoxy) is 1. The lowest BCUT2D eigenvalue weighted by atomic mass is 10.0. The fourth-order valence-corrected chi connectivity index (χ4v) is 2.29. The second-order valence-corrected chi connectivity index (χ2v) is 4.75. The fourth-order valence-electron chi connectivity index (χ4n) is 2.29. The summed E-state index contributed by atoms with van der Waals surface area (Å²) in [6.45, 7) is 7.30. The van der Waals surface area contributed by atoms with Gasteiger partial charge in [-0.05, 0) is 19.4 Å². The maximum absolute atomic E-state index is 12.4. The summed E-state index contributed by atoms with van der Waals surface area (Å²) in [6.07, 6.45) is 1.96. The molecule has 2 N–H and O–H groups in total. The molecule has 0 aromatic heterocycles. The first kappa shape index (κ1) is 15.4. The van der Waals surface area contributed by atoms with Crippen LogP contribution in [-0.4, -0.2) is 61.4 Å². The van der Waals surface area contributed by atoms with Crippen LogP contribution in [0.4, 0.5) is 0 Å². The first-order valence-corrected chi connectivity index (χ1v) is 6.95. The van der Waals surface area contributed by atoms with Crippen LogP contribution in [0, 0.1) is 5.92 Å². The van der Waals surface area contributed by atoms with Crippen molar-refractivity contribution >= 4 is 5.91 Å². The normalized spacial score (nSPS) is 23.3. The predicted molar refractivity (Wildman–Crippen MR) is 70.3 cm³/mol. The lowest BCUT2D eigenvalue weighted by Crippen LogP contribution is -2.47. The number of amides is 1. The van der Waals surface area contributed by atoms with Crippen molar-refractivity contribution in [1.82, 2.24) is 10.2 Å². The van der Waals surface area contributed by atoms with E-state index in [1.165, 1.54) is 0 Å². The molecule has 1 aliphatic rings. The Bertz CT molecular complexity index is 242. The van der Waals surface area contributed by atoms with Crippen molar-refractivity contribution in [1.29, 1.82) is 0 Å². The van der Waals surface area contributed by atoms with Gasteiger partial charge in [-0.25, -0.2) is 0 Å². The molecule has 2 unspecified atom stereocenters. The third-order valence-electron chi connectivity index (χ3n) is 3.23. The lowest BCUT2D eigenvalue weighted by Gasteiger charge is -2.27. The third kappa shape index (κ3) is 4.23. The first-order valence-electron chi connectivity index (χ1n) is 6.95. The number of hydrogen-bond acceptors (Lipinski definition) is 4. The standard InChI is InChI=1S/C13H26N2O3/c1-3-5-14-12-10-18-9-11(12)13(17)15(6-4-2)7-8-16/h11-12,14,16H,3-10H2,1-2H3. The number of carbonyl (C=O) groups is 1. The first-order chi connectivity index (χ1) is 8.74. The zero-order chi connectivity index (χ0) is 13.4. The van der Waals surface area contributed by atoms with Gasteiger partial charge < -0.3 is 20.1 Å². The van der Waals surface area contributed by atoms with Gasteiger partial charge in [0, 0.05) is 19.1 Å². The summed E-state index contributed by atoms with van der Waals surface area (Å²) in [5.41, 5.74) is 0. The molecule has 1 heterocycles. The maximum atomic E-state index is 12.4. The second-order valence-electron chi connectivity index (χ2n) is 4.75. The van der Waals surface area contributed by atoms with Gasteiger partial charge in [0.2, 0.25) is 5.91 Å². The second kappa shape index (κ2) is 8.45. The summed E-state index contributed by atoms with van der Waals surface area (Å²) in [5, 5.41) is 12.4. The van der Waals surface area contributed by atoms with Crippen molar-refractivity contribution in [3.63, 3.8) is 0 Å². The van der Waals surface area contributed by atoms with Gasteiger partial charge in [0.1, 0.15) is 0 Å². The molecule has 5 nitrogen and oxygen atoms in total. The van der Waals surface area contributed by atoms with E-state index >= 15 is 0 Å². The zero-order valence-electron chi connectivity index (χ0n) is 11.5. The van der Waals surface area contributed by atoms with E-state index in [9.17, 15) is 4.79 Å². The van der Waals surface area contributed by atoms with Gasteiger partial charge >= 0.3 is 0 Å². The van der Waals surface area contributed by atoms with E-state index < -0.39 is 0 Å². The van der Waals surface area contributed by atoms with E-state index in [-0.39, 0.29) is 24.5 Å². The van der Waals surface area contributed by atoms with Crippen molar-refractivity contribution in [2.45, 2.75) is 32.7 Å². The minimum Gasteiger partial charge on any atom is -0.395 e. The van der Waals surface area contributed by atoms with E-state index in [1.54, 1.807) is 4.90 Å². The summed E-state index contributed by atoms with van der Waals surface area (Å²) < 4.78 is 5.42. The number of aliphatic hydroxyl groups excluding tert-OH is 1. The monoisotopic (exact) mass is 258 g/mol. The molecule has 2 atom stereocenters. The van der Waals surface area contributed by atoms with Crippen LogP contribution in [0.15, 0.2) is 0 Å². The van der Waals surface area contributed by atoms with Gasteiger partial charge in [0.15, 0.2) is 0 Å². The largest absolute Gasteiger partial charge is 0.395 e. The van der Waals surface area contributed by atoms with E-state index in [1.807, 2.05) is 6.92 Å². The molecule has 0 spiro atoms. The number of nitrogens with one attached hydrogen (secondary N) is 1. The molecule has 1 saturated heterocycles. The molecule has 1 amide bonds. The SMILES string of the molecule is CCCNC1COCC1C(=O)N(CCC)CCO. The summed E-state index contributed by atoms with van der Waals surface area (Å²) >= 11 is 0. The van der Waals surface area contributed by atoms with Gasteiger partial charge in [-0.2, -0.15) is 0 Å². The Morgan fingerprint density at radius 1 is 1.33 bits per heavy atom. The van der Waals surface area contributed by atoms with Crippen LogP contribution in [0.5, 0.6) is 0 Å². The quantitative estimate of drug-likeness (QED) is 0.654. The minimum atomic E-state index is -0.102. The number of aliphatic hydroxyl groups is 1. The van der Waals surface area contributed by atoms with E-state index in [0.717, 1.165) is 19.4 Å². The highest BCUT2D eigenvalue weighted by Crippen LogP contribution is 2.17. The molecule has 0 saturated carbocycles. The highest BCUT2D eigenvalue weighted by atomic mass is 16.5.